The highest BCUT2D eigenvalue weighted by atomic mass is 28.4. The van der Waals surface area contributed by atoms with Crippen LogP contribution in [0.5, 0.6) is 0 Å². The smallest absolute Gasteiger partial charge is 0.192 e. The zero-order chi connectivity index (χ0) is 15.4. The van der Waals surface area contributed by atoms with E-state index in [1.165, 1.54) is 12.8 Å². The second kappa shape index (κ2) is 7.11. The largest absolute Gasteiger partial charge is 0.413 e. The molecule has 3 heteroatoms. The molecule has 0 aromatic carbocycles. The van der Waals surface area contributed by atoms with Gasteiger partial charge in [-0.25, -0.2) is 0 Å². The van der Waals surface area contributed by atoms with E-state index in [2.05, 4.69) is 46.7 Å². The van der Waals surface area contributed by atoms with E-state index in [9.17, 15) is 0 Å². The zero-order valence-electron chi connectivity index (χ0n) is 14.2. The Morgan fingerprint density at radius 2 is 2.00 bits per heavy atom. The van der Waals surface area contributed by atoms with Crippen LogP contribution in [0, 0.1) is 12.3 Å². The molecule has 0 aromatic rings. The zero-order valence-corrected chi connectivity index (χ0v) is 15.2. The van der Waals surface area contributed by atoms with Gasteiger partial charge in [0.15, 0.2) is 8.32 Å². The van der Waals surface area contributed by atoms with Crippen LogP contribution in [-0.4, -0.2) is 26.6 Å². The summed E-state index contributed by atoms with van der Waals surface area (Å²) in [5, 5.41) is 0.223. The van der Waals surface area contributed by atoms with Gasteiger partial charge in [-0.3, -0.25) is 0 Å². The van der Waals surface area contributed by atoms with Crippen LogP contribution in [0.3, 0.4) is 0 Å². The molecule has 0 spiro atoms. The molecule has 1 aliphatic rings. The van der Waals surface area contributed by atoms with Gasteiger partial charge in [-0.05, 0) is 50.7 Å². The minimum Gasteiger partial charge on any atom is -0.413 e. The molecule has 1 heterocycles. The maximum Gasteiger partial charge on any atom is 0.192 e. The molecule has 0 saturated carbocycles. The molecule has 1 rings (SSSR count). The molecule has 2 nitrogen and oxygen atoms in total. The summed E-state index contributed by atoms with van der Waals surface area (Å²) in [7, 11) is -1.76. The van der Waals surface area contributed by atoms with Crippen LogP contribution < -0.4 is 0 Å². The monoisotopic (exact) mass is 296 g/mol. The lowest BCUT2D eigenvalue weighted by molar-refractivity contribution is -0.0579. The molecule has 0 bridgehead atoms. The summed E-state index contributed by atoms with van der Waals surface area (Å²) in [4.78, 5) is 0. The molecule has 1 saturated heterocycles. The van der Waals surface area contributed by atoms with Gasteiger partial charge in [0.25, 0.3) is 0 Å². The van der Waals surface area contributed by atoms with E-state index in [1.54, 1.807) is 0 Å². The Morgan fingerprint density at radius 3 is 2.50 bits per heavy atom. The maximum atomic E-state index is 6.50. The van der Waals surface area contributed by atoms with E-state index >= 15 is 0 Å². The second-order valence-electron chi connectivity index (χ2n) is 7.64. The number of hydrogen-bond donors (Lipinski definition) is 0. The first-order chi connectivity index (χ1) is 9.15. The third kappa shape index (κ3) is 5.24. The minimum atomic E-state index is -1.76. The fourth-order valence-corrected chi connectivity index (χ4v) is 3.83. The highest BCUT2D eigenvalue weighted by Crippen LogP contribution is 2.38. The van der Waals surface area contributed by atoms with Crippen molar-refractivity contribution in [2.45, 2.75) is 96.2 Å². The summed E-state index contributed by atoms with van der Waals surface area (Å²) in [5.41, 5.74) is 0. The van der Waals surface area contributed by atoms with Gasteiger partial charge in [-0.15, -0.1) is 12.3 Å². The first-order valence-electron chi connectivity index (χ1n) is 7.92. The van der Waals surface area contributed by atoms with Gasteiger partial charge in [-0.1, -0.05) is 20.8 Å². The number of rotatable bonds is 5. The van der Waals surface area contributed by atoms with Crippen molar-refractivity contribution in [3.63, 3.8) is 0 Å². The Kier molecular flexibility index (Phi) is 6.31. The normalized spacial score (nSPS) is 26.1. The Labute approximate surface area is 126 Å². The van der Waals surface area contributed by atoms with Gasteiger partial charge in [0, 0.05) is 6.42 Å². The molecular formula is C17H32O2Si. The summed E-state index contributed by atoms with van der Waals surface area (Å²) >= 11 is 0. The quantitative estimate of drug-likeness (QED) is 0.538. The SMILES string of the molecule is C#CC[C@H](C[C@H]1CCC[C@@H](C)O1)O[Si](C)(C)C(C)(C)C. The van der Waals surface area contributed by atoms with Crippen molar-refractivity contribution >= 4 is 8.32 Å². The summed E-state index contributed by atoms with van der Waals surface area (Å²) in [6.45, 7) is 13.6. The summed E-state index contributed by atoms with van der Waals surface area (Å²) in [6, 6.07) is 0. The lowest BCUT2D eigenvalue weighted by atomic mass is 9.99. The number of hydrogen-bond acceptors (Lipinski definition) is 2. The molecule has 0 aromatic heterocycles. The Morgan fingerprint density at radius 1 is 1.35 bits per heavy atom. The Hall–Kier alpha value is -0.303. The summed E-state index contributed by atoms with van der Waals surface area (Å²) in [6.07, 6.45) is 11.6. The predicted octanol–water partition coefficient (Wildman–Crippen LogP) is 4.75. The van der Waals surface area contributed by atoms with Crippen LogP contribution in [0.25, 0.3) is 0 Å². The fourth-order valence-electron chi connectivity index (χ4n) is 2.46. The van der Waals surface area contributed by atoms with Crippen molar-refractivity contribution in [3.05, 3.63) is 0 Å². The standard InChI is InChI=1S/C17H32O2Si/c1-8-10-16(19-20(6,7)17(3,4)5)13-15-12-9-11-14(2)18-15/h1,14-16H,9-13H2,2-7H3/t14-,15-,16-/m1/s1. The lowest BCUT2D eigenvalue weighted by Crippen LogP contribution is -2.45. The van der Waals surface area contributed by atoms with E-state index in [1.807, 2.05) is 0 Å². The first-order valence-corrected chi connectivity index (χ1v) is 10.8. The molecule has 1 fully saturated rings. The van der Waals surface area contributed by atoms with Gasteiger partial charge in [0.05, 0.1) is 18.3 Å². The highest BCUT2D eigenvalue weighted by molar-refractivity contribution is 6.74. The molecule has 0 amide bonds. The van der Waals surface area contributed by atoms with Crippen molar-refractivity contribution in [1.29, 1.82) is 0 Å². The van der Waals surface area contributed by atoms with Crippen LogP contribution in [0.15, 0.2) is 0 Å². The Bertz CT molecular complexity index is 338. The number of terminal acetylenes is 1. The van der Waals surface area contributed by atoms with Crippen molar-refractivity contribution in [1.82, 2.24) is 0 Å². The topological polar surface area (TPSA) is 18.5 Å². The van der Waals surface area contributed by atoms with Crippen LogP contribution >= 0.6 is 0 Å². The highest BCUT2D eigenvalue weighted by Gasteiger charge is 2.39. The van der Waals surface area contributed by atoms with Crippen molar-refractivity contribution < 1.29 is 9.16 Å². The van der Waals surface area contributed by atoms with E-state index in [0.717, 1.165) is 12.8 Å². The predicted molar refractivity (Wildman–Crippen MR) is 88.3 cm³/mol. The molecule has 0 aliphatic carbocycles. The van der Waals surface area contributed by atoms with Crippen molar-refractivity contribution in [2.24, 2.45) is 0 Å². The second-order valence-corrected chi connectivity index (χ2v) is 12.4. The average Bonchev–Trinajstić information content (AvgIpc) is 2.27. The molecular weight excluding hydrogens is 264 g/mol. The van der Waals surface area contributed by atoms with E-state index in [4.69, 9.17) is 15.6 Å². The van der Waals surface area contributed by atoms with E-state index < -0.39 is 8.32 Å². The molecule has 116 valence electrons. The van der Waals surface area contributed by atoms with E-state index in [-0.39, 0.29) is 11.1 Å². The van der Waals surface area contributed by atoms with E-state index in [0.29, 0.717) is 18.6 Å². The third-order valence-corrected chi connectivity index (χ3v) is 9.24. The van der Waals surface area contributed by atoms with Crippen LogP contribution in [-0.2, 0) is 9.16 Å². The van der Waals surface area contributed by atoms with Gasteiger partial charge >= 0.3 is 0 Å². The minimum absolute atomic E-state index is 0.149. The fraction of sp³-hybridized carbons (Fsp3) is 0.882. The average molecular weight is 297 g/mol. The molecule has 0 unspecified atom stereocenters. The van der Waals surface area contributed by atoms with Gasteiger partial charge in [0.2, 0.25) is 0 Å². The Balaban J connectivity index is 2.63. The third-order valence-electron chi connectivity index (χ3n) is 4.70. The molecule has 20 heavy (non-hydrogen) atoms. The molecule has 0 N–H and O–H groups in total. The van der Waals surface area contributed by atoms with Crippen LogP contribution in [0.2, 0.25) is 18.1 Å². The molecule has 0 radical (unpaired) electrons. The van der Waals surface area contributed by atoms with Crippen LogP contribution in [0.4, 0.5) is 0 Å². The van der Waals surface area contributed by atoms with Gasteiger partial charge in [0.1, 0.15) is 0 Å². The van der Waals surface area contributed by atoms with Crippen molar-refractivity contribution in [2.75, 3.05) is 0 Å². The number of ether oxygens (including phenoxy) is 1. The van der Waals surface area contributed by atoms with Crippen LogP contribution in [0.1, 0.15) is 59.8 Å². The first kappa shape index (κ1) is 17.7. The lowest BCUT2D eigenvalue weighted by Gasteiger charge is -2.40. The maximum absolute atomic E-state index is 6.50. The summed E-state index contributed by atoms with van der Waals surface area (Å²) < 4.78 is 12.5. The van der Waals surface area contributed by atoms with Gasteiger partial charge in [-0.2, -0.15) is 0 Å². The molecule has 1 aliphatic heterocycles. The summed E-state index contributed by atoms with van der Waals surface area (Å²) in [5.74, 6) is 2.78. The van der Waals surface area contributed by atoms with Gasteiger partial charge < -0.3 is 9.16 Å². The van der Waals surface area contributed by atoms with Crippen molar-refractivity contribution in [3.8, 4) is 12.3 Å². The molecule has 3 atom stereocenters.